The summed E-state index contributed by atoms with van der Waals surface area (Å²) in [6, 6.07) is 5.74. The van der Waals surface area contributed by atoms with Gasteiger partial charge in [0.15, 0.2) is 0 Å². The first-order chi connectivity index (χ1) is 27.2. The second-order valence-corrected chi connectivity index (χ2v) is 16.6. The van der Waals surface area contributed by atoms with E-state index in [1.807, 2.05) is 45.9 Å². The van der Waals surface area contributed by atoms with Gasteiger partial charge in [0.25, 0.3) is 0 Å². The highest BCUT2D eigenvalue weighted by Crippen LogP contribution is 2.30. The molecule has 0 saturated carbocycles. The molecule has 2 rings (SSSR count). The van der Waals surface area contributed by atoms with Gasteiger partial charge in [0.1, 0.15) is 12.1 Å². The summed E-state index contributed by atoms with van der Waals surface area (Å²) in [5.74, 6) is -3.76. The molecule has 0 aromatic heterocycles. The number of hydrogen-bond donors (Lipinski definition) is 4. The maximum absolute atomic E-state index is 14.4. The van der Waals surface area contributed by atoms with Crippen molar-refractivity contribution in [1.29, 1.82) is 0 Å². The normalized spacial score (nSPS) is 18.9. The van der Waals surface area contributed by atoms with Crippen molar-refractivity contribution in [2.24, 2.45) is 29.4 Å². The third kappa shape index (κ3) is 13.2. The third-order valence-electron chi connectivity index (χ3n) is 11.8. The van der Waals surface area contributed by atoms with Crippen molar-refractivity contribution in [3.8, 4) is 0 Å². The van der Waals surface area contributed by atoms with Gasteiger partial charge in [-0.2, -0.15) is 0 Å². The van der Waals surface area contributed by atoms with Gasteiger partial charge < -0.3 is 45.6 Å². The van der Waals surface area contributed by atoms with E-state index in [0.29, 0.717) is 24.9 Å². The standard InChI is InChI=1S/C43H72N6O9/c1-13-27(6)38(48(10)43(56)36(25(2)3)46-42(55)37(26(4)5)47(9)34(51)22-21-33(44)50)32(57-11)24-35(52)49-23-17-20-31(49)40(58-12)28(7)41(54)45-29(8)39(53)30-18-15-14-16-19-30/h14-16,18-19,25-29,31-32,36-40,53H,13,17,20-24H2,1-12H3,(H2,44,50)(H,45,54)(H,46,55)/t27-,28-,29+,31-,32+,36+,37-,38-,39+,40+/m0/s1. The van der Waals surface area contributed by atoms with Crippen LogP contribution in [0.3, 0.4) is 0 Å². The second-order valence-electron chi connectivity index (χ2n) is 16.6. The minimum atomic E-state index is -0.956. The van der Waals surface area contributed by atoms with Gasteiger partial charge >= 0.3 is 0 Å². The number of ether oxygens (including phenoxy) is 2. The van der Waals surface area contributed by atoms with Crippen molar-refractivity contribution in [2.75, 3.05) is 34.9 Å². The molecule has 1 aromatic rings. The van der Waals surface area contributed by atoms with Gasteiger partial charge in [-0.15, -0.1) is 0 Å². The number of carbonyl (C=O) groups is 6. The molecule has 10 atom stereocenters. The number of aliphatic hydroxyl groups is 1. The van der Waals surface area contributed by atoms with Crippen LogP contribution in [0.2, 0.25) is 0 Å². The molecule has 0 unspecified atom stereocenters. The highest BCUT2D eigenvalue weighted by Gasteiger charge is 2.43. The highest BCUT2D eigenvalue weighted by molar-refractivity contribution is 5.93. The lowest BCUT2D eigenvalue weighted by Gasteiger charge is -2.41. The van der Waals surface area contributed by atoms with Crippen LogP contribution in [-0.4, -0.2) is 133 Å². The third-order valence-corrected chi connectivity index (χ3v) is 11.8. The number of benzene rings is 1. The SMILES string of the molecule is CC[C@H](C)[C@@H]([C@@H](CC(=O)N1CCC[C@H]1[C@H](OC)[C@H](C)C(=O)N[C@H](C)[C@@H](O)c1ccccc1)OC)N(C)C(=O)[C@H](NC(=O)[C@H](C(C)C)N(C)C(=O)CCC(N)=O)C(C)C. The van der Waals surface area contributed by atoms with Crippen LogP contribution in [0, 0.1) is 23.7 Å². The second kappa shape index (κ2) is 23.5. The summed E-state index contributed by atoms with van der Waals surface area (Å²) in [5.41, 5.74) is 5.93. The number of amides is 6. The molecule has 1 aliphatic rings. The molecule has 58 heavy (non-hydrogen) atoms. The van der Waals surface area contributed by atoms with E-state index in [4.69, 9.17) is 15.2 Å². The first-order valence-electron chi connectivity index (χ1n) is 20.7. The van der Waals surface area contributed by atoms with Crippen molar-refractivity contribution < 1.29 is 43.3 Å². The first kappa shape index (κ1) is 50.1. The Morgan fingerprint density at radius 2 is 1.50 bits per heavy atom. The van der Waals surface area contributed by atoms with Crippen LogP contribution in [-0.2, 0) is 38.2 Å². The van der Waals surface area contributed by atoms with E-state index in [1.165, 1.54) is 26.2 Å². The summed E-state index contributed by atoms with van der Waals surface area (Å²) >= 11 is 0. The van der Waals surface area contributed by atoms with Gasteiger partial charge in [0.05, 0.1) is 48.8 Å². The largest absolute Gasteiger partial charge is 0.386 e. The van der Waals surface area contributed by atoms with Crippen molar-refractivity contribution in [3.63, 3.8) is 0 Å². The predicted octanol–water partition coefficient (Wildman–Crippen LogP) is 3.03. The maximum atomic E-state index is 14.4. The molecular formula is C43H72N6O9. The van der Waals surface area contributed by atoms with Crippen LogP contribution in [0.15, 0.2) is 30.3 Å². The van der Waals surface area contributed by atoms with Crippen LogP contribution >= 0.6 is 0 Å². The Bertz CT molecular complexity index is 1510. The van der Waals surface area contributed by atoms with Gasteiger partial charge in [-0.3, -0.25) is 28.8 Å². The van der Waals surface area contributed by atoms with Crippen molar-refractivity contribution >= 4 is 35.4 Å². The van der Waals surface area contributed by atoms with Crippen molar-refractivity contribution in [3.05, 3.63) is 35.9 Å². The molecule has 5 N–H and O–H groups in total. The summed E-state index contributed by atoms with van der Waals surface area (Å²) < 4.78 is 11.9. The van der Waals surface area contributed by atoms with E-state index in [1.54, 1.807) is 56.7 Å². The number of hydrogen-bond acceptors (Lipinski definition) is 9. The number of nitrogens with zero attached hydrogens (tertiary/aromatic N) is 3. The first-order valence-corrected chi connectivity index (χ1v) is 20.7. The van der Waals surface area contributed by atoms with Crippen LogP contribution < -0.4 is 16.4 Å². The number of rotatable bonds is 23. The molecule has 1 fully saturated rings. The average molecular weight is 817 g/mol. The van der Waals surface area contributed by atoms with Gasteiger partial charge in [0.2, 0.25) is 35.4 Å². The fourth-order valence-electron chi connectivity index (χ4n) is 8.14. The molecule has 1 saturated heterocycles. The quantitative estimate of drug-likeness (QED) is 0.128. The molecule has 0 spiro atoms. The molecule has 1 heterocycles. The van der Waals surface area contributed by atoms with E-state index < -0.39 is 66.1 Å². The number of likely N-dealkylation sites (N-methyl/N-ethyl adjacent to an activating group) is 2. The van der Waals surface area contributed by atoms with Crippen LogP contribution in [0.5, 0.6) is 0 Å². The van der Waals surface area contributed by atoms with Gasteiger partial charge in [-0.25, -0.2) is 0 Å². The van der Waals surface area contributed by atoms with Crippen LogP contribution in [0.25, 0.3) is 0 Å². The zero-order chi connectivity index (χ0) is 44.0. The van der Waals surface area contributed by atoms with E-state index in [0.717, 1.165) is 6.42 Å². The topological polar surface area (TPSA) is 201 Å². The summed E-state index contributed by atoms with van der Waals surface area (Å²) in [5, 5.41) is 16.7. The van der Waals surface area contributed by atoms with Gasteiger partial charge in [-0.1, -0.05) is 85.2 Å². The Kier molecular flexibility index (Phi) is 20.3. The number of nitrogens with one attached hydrogen (secondary N) is 2. The number of nitrogens with two attached hydrogens (primary N) is 1. The lowest BCUT2D eigenvalue weighted by atomic mass is 9.89. The Balaban J connectivity index is 2.27. The fourth-order valence-corrected chi connectivity index (χ4v) is 8.14. The van der Waals surface area contributed by atoms with E-state index >= 15 is 0 Å². The smallest absolute Gasteiger partial charge is 0.245 e. The zero-order valence-electron chi connectivity index (χ0n) is 36.9. The van der Waals surface area contributed by atoms with Gasteiger partial charge in [-0.05, 0) is 43.1 Å². The summed E-state index contributed by atoms with van der Waals surface area (Å²) in [4.78, 5) is 84.8. The molecule has 328 valence electrons. The highest BCUT2D eigenvalue weighted by atomic mass is 16.5. The van der Waals surface area contributed by atoms with E-state index in [2.05, 4.69) is 10.6 Å². The monoisotopic (exact) mass is 817 g/mol. The molecule has 0 aliphatic carbocycles. The predicted molar refractivity (Wildman–Crippen MR) is 222 cm³/mol. The minimum Gasteiger partial charge on any atom is -0.386 e. The lowest BCUT2D eigenvalue weighted by Crippen LogP contribution is -2.60. The molecular weight excluding hydrogens is 745 g/mol. The number of aliphatic hydroxyl groups excluding tert-OH is 1. The number of primary amides is 1. The van der Waals surface area contributed by atoms with E-state index in [9.17, 15) is 33.9 Å². The summed E-state index contributed by atoms with van der Waals surface area (Å²) in [7, 11) is 6.20. The molecule has 1 aliphatic heterocycles. The molecule has 6 amide bonds. The Labute approximate surface area is 346 Å². The molecule has 15 heteroatoms. The molecule has 15 nitrogen and oxygen atoms in total. The zero-order valence-corrected chi connectivity index (χ0v) is 36.9. The van der Waals surface area contributed by atoms with Crippen molar-refractivity contribution in [1.82, 2.24) is 25.3 Å². The average Bonchev–Trinajstić information content (AvgIpc) is 3.67. The fraction of sp³-hybridized carbons (Fsp3) is 0.721. The van der Waals surface area contributed by atoms with Crippen molar-refractivity contribution in [2.45, 2.75) is 142 Å². The minimum absolute atomic E-state index is 0.0384. The molecule has 1 aromatic carbocycles. The summed E-state index contributed by atoms with van der Waals surface area (Å²) in [6.07, 6.45) is -0.523. The molecule has 0 bridgehead atoms. The number of methoxy groups -OCH3 is 2. The Morgan fingerprint density at radius 3 is 2.02 bits per heavy atom. The lowest BCUT2D eigenvalue weighted by molar-refractivity contribution is -0.148. The molecule has 0 radical (unpaired) electrons. The Morgan fingerprint density at radius 1 is 0.879 bits per heavy atom. The number of likely N-dealkylation sites (tertiary alicyclic amines) is 1. The number of carbonyl (C=O) groups excluding carboxylic acids is 6. The van der Waals surface area contributed by atoms with Crippen LogP contribution in [0.1, 0.15) is 106 Å². The van der Waals surface area contributed by atoms with Crippen LogP contribution in [0.4, 0.5) is 0 Å². The van der Waals surface area contributed by atoms with E-state index in [-0.39, 0.29) is 60.8 Å². The maximum Gasteiger partial charge on any atom is 0.245 e. The summed E-state index contributed by atoms with van der Waals surface area (Å²) in [6.45, 7) is 15.2. The Hall–Kier alpha value is -4.08. The van der Waals surface area contributed by atoms with Gasteiger partial charge in [0, 0.05) is 47.7 Å².